The summed E-state index contributed by atoms with van der Waals surface area (Å²) in [4.78, 5) is 25.7. The second-order valence-electron chi connectivity index (χ2n) is 6.40. The van der Waals surface area contributed by atoms with Crippen molar-refractivity contribution >= 4 is 27.3 Å². The molecule has 8 heteroatoms. The minimum Gasteiger partial charge on any atom is -0.378 e. The summed E-state index contributed by atoms with van der Waals surface area (Å²) in [6.07, 6.45) is 0. The number of amides is 2. The predicted molar refractivity (Wildman–Crippen MR) is 109 cm³/mol. The maximum absolute atomic E-state index is 13.2. The number of anilines is 1. The smallest absolute Gasteiger partial charge is 0.309 e. The van der Waals surface area contributed by atoms with Crippen molar-refractivity contribution < 1.29 is 18.0 Å². The number of benzene rings is 2. The lowest BCUT2D eigenvalue weighted by Crippen LogP contribution is -2.42. The molecule has 2 rings (SSSR count). The molecule has 150 valence electrons. The van der Waals surface area contributed by atoms with E-state index in [1.165, 1.54) is 12.1 Å². The first-order valence-corrected chi connectivity index (χ1v) is 10.4. The molecule has 2 aromatic carbocycles. The Hall–Kier alpha value is -2.87. The number of carbonyl (C=O) groups excluding carboxylic acids is 2. The van der Waals surface area contributed by atoms with Gasteiger partial charge in [0.25, 0.3) is 0 Å². The van der Waals surface area contributed by atoms with Crippen molar-refractivity contribution in [2.24, 2.45) is 0 Å². The summed E-state index contributed by atoms with van der Waals surface area (Å²) in [5, 5.41) is 3.81. The predicted octanol–water partition coefficient (Wildman–Crippen LogP) is 1.52. The molecule has 0 aliphatic carbocycles. The van der Waals surface area contributed by atoms with E-state index in [9.17, 15) is 18.0 Å². The average molecular weight is 404 g/mol. The number of hydrogen-bond acceptors (Lipinski definition) is 5. The Bertz CT molecular complexity index is 910. The van der Waals surface area contributed by atoms with E-state index >= 15 is 0 Å². The standard InChI is InChI=1S/C20H25N3O4S/c1-4-21-19(24)20(25)22-14-18(15-10-12-16(13-11-15)23(2)3)28(26,27)17-8-6-5-7-9-17/h5-13,18H,4,14H2,1-3H3,(H,21,24)(H,22,25)/t18-/m0/s1. The van der Waals surface area contributed by atoms with Crippen LogP contribution < -0.4 is 15.5 Å². The molecule has 0 aliphatic heterocycles. The normalized spacial score (nSPS) is 12.1. The summed E-state index contributed by atoms with van der Waals surface area (Å²) in [5.41, 5.74) is 1.46. The zero-order chi connectivity index (χ0) is 20.7. The van der Waals surface area contributed by atoms with E-state index in [0.717, 1.165) is 5.69 Å². The lowest BCUT2D eigenvalue weighted by atomic mass is 10.1. The van der Waals surface area contributed by atoms with E-state index in [1.807, 2.05) is 31.1 Å². The third kappa shape index (κ3) is 5.10. The van der Waals surface area contributed by atoms with Gasteiger partial charge in [-0.15, -0.1) is 0 Å². The number of hydrogen-bond donors (Lipinski definition) is 2. The molecular weight excluding hydrogens is 378 g/mol. The van der Waals surface area contributed by atoms with E-state index < -0.39 is 26.9 Å². The highest BCUT2D eigenvalue weighted by Crippen LogP contribution is 2.29. The van der Waals surface area contributed by atoms with Gasteiger partial charge in [0.15, 0.2) is 9.84 Å². The van der Waals surface area contributed by atoms with Gasteiger partial charge in [0.05, 0.1) is 4.90 Å². The largest absolute Gasteiger partial charge is 0.378 e. The van der Waals surface area contributed by atoms with Gasteiger partial charge >= 0.3 is 11.8 Å². The Morgan fingerprint density at radius 2 is 1.50 bits per heavy atom. The van der Waals surface area contributed by atoms with E-state index in [-0.39, 0.29) is 11.4 Å². The van der Waals surface area contributed by atoms with Crippen LogP contribution in [0.2, 0.25) is 0 Å². The average Bonchev–Trinajstić information content (AvgIpc) is 2.69. The van der Waals surface area contributed by atoms with Crippen molar-refractivity contribution in [3.05, 3.63) is 60.2 Å². The molecule has 0 saturated carbocycles. The molecule has 2 aromatic rings. The lowest BCUT2D eigenvalue weighted by Gasteiger charge is -2.20. The van der Waals surface area contributed by atoms with Crippen LogP contribution in [0.25, 0.3) is 0 Å². The Morgan fingerprint density at radius 3 is 2.04 bits per heavy atom. The van der Waals surface area contributed by atoms with E-state index in [4.69, 9.17) is 0 Å². The second-order valence-corrected chi connectivity index (χ2v) is 8.53. The van der Waals surface area contributed by atoms with E-state index in [0.29, 0.717) is 12.1 Å². The Labute approximate surface area is 165 Å². The Balaban J connectivity index is 2.35. The first-order chi connectivity index (χ1) is 13.3. The maximum atomic E-state index is 13.2. The zero-order valence-corrected chi connectivity index (χ0v) is 17.0. The minimum absolute atomic E-state index is 0.156. The number of nitrogens with one attached hydrogen (secondary N) is 2. The molecule has 0 saturated heterocycles. The minimum atomic E-state index is -3.78. The van der Waals surface area contributed by atoms with Crippen LogP contribution in [0.15, 0.2) is 59.5 Å². The van der Waals surface area contributed by atoms with Crippen LogP contribution >= 0.6 is 0 Å². The monoisotopic (exact) mass is 403 g/mol. The zero-order valence-electron chi connectivity index (χ0n) is 16.2. The number of rotatable bonds is 7. The SMILES string of the molecule is CCNC(=O)C(=O)NC[C@@H](c1ccc(N(C)C)cc1)S(=O)(=O)c1ccccc1. The molecule has 0 fully saturated rings. The summed E-state index contributed by atoms with van der Waals surface area (Å²) in [7, 11) is -0.00360. The first kappa shape index (κ1) is 21.4. The molecule has 28 heavy (non-hydrogen) atoms. The van der Waals surface area contributed by atoms with Gasteiger partial charge in [-0.25, -0.2) is 8.42 Å². The van der Waals surface area contributed by atoms with Crippen molar-refractivity contribution in [3.63, 3.8) is 0 Å². The van der Waals surface area contributed by atoms with Gasteiger partial charge in [0.1, 0.15) is 5.25 Å². The van der Waals surface area contributed by atoms with Crippen LogP contribution in [-0.4, -0.2) is 47.4 Å². The maximum Gasteiger partial charge on any atom is 0.309 e. The second kappa shape index (κ2) is 9.36. The molecule has 1 atom stereocenters. The van der Waals surface area contributed by atoms with Gasteiger partial charge in [-0.2, -0.15) is 0 Å². The molecule has 0 unspecified atom stereocenters. The summed E-state index contributed by atoms with van der Waals surface area (Å²) in [6, 6.07) is 15.1. The number of nitrogens with zero attached hydrogens (tertiary/aromatic N) is 1. The number of likely N-dealkylation sites (N-methyl/N-ethyl adjacent to an activating group) is 1. The topological polar surface area (TPSA) is 95.6 Å². The van der Waals surface area contributed by atoms with Crippen molar-refractivity contribution in [1.29, 1.82) is 0 Å². The number of carbonyl (C=O) groups is 2. The van der Waals surface area contributed by atoms with E-state index in [2.05, 4.69) is 10.6 Å². The van der Waals surface area contributed by atoms with Crippen LogP contribution in [0.1, 0.15) is 17.7 Å². The summed E-state index contributed by atoms with van der Waals surface area (Å²) in [5.74, 6) is -1.65. The molecule has 0 aliphatic rings. The van der Waals surface area contributed by atoms with Crippen molar-refractivity contribution in [1.82, 2.24) is 10.6 Å². The Morgan fingerprint density at radius 1 is 0.929 bits per heavy atom. The van der Waals surface area contributed by atoms with Crippen molar-refractivity contribution in [2.75, 3.05) is 32.1 Å². The highest BCUT2D eigenvalue weighted by molar-refractivity contribution is 7.91. The molecule has 7 nitrogen and oxygen atoms in total. The molecule has 0 spiro atoms. The molecule has 2 N–H and O–H groups in total. The molecule has 0 bridgehead atoms. The van der Waals surface area contributed by atoms with Gasteiger partial charge in [-0.05, 0) is 36.8 Å². The fourth-order valence-electron chi connectivity index (χ4n) is 2.67. The van der Waals surface area contributed by atoms with Crippen LogP contribution in [0.4, 0.5) is 5.69 Å². The van der Waals surface area contributed by atoms with E-state index in [1.54, 1.807) is 37.3 Å². The van der Waals surface area contributed by atoms with Crippen molar-refractivity contribution in [2.45, 2.75) is 17.1 Å². The first-order valence-electron chi connectivity index (χ1n) is 8.89. The molecular formula is C20H25N3O4S. The lowest BCUT2D eigenvalue weighted by molar-refractivity contribution is -0.139. The van der Waals surface area contributed by atoms with Crippen LogP contribution in [0.5, 0.6) is 0 Å². The fourth-order valence-corrected chi connectivity index (χ4v) is 4.36. The highest BCUT2D eigenvalue weighted by Gasteiger charge is 2.30. The van der Waals surface area contributed by atoms with Gasteiger partial charge in [0, 0.05) is 32.9 Å². The summed E-state index contributed by atoms with van der Waals surface area (Å²) < 4.78 is 26.4. The Kier molecular flexibility index (Phi) is 7.17. The van der Waals surface area contributed by atoms with Gasteiger partial charge in [0.2, 0.25) is 0 Å². The summed E-state index contributed by atoms with van der Waals surface area (Å²) >= 11 is 0. The molecule has 0 heterocycles. The third-order valence-corrected chi connectivity index (χ3v) is 6.34. The molecule has 0 aromatic heterocycles. The molecule has 0 radical (unpaired) electrons. The fraction of sp³-hybridized carbons (Fsp3) is 0.300. The third-order valence-electron chi connectivity index (χ3n) is 4.22. The van der Waals surface area contributed by atoms with Gasteiger partial charge in [-0.3, -0.25) is 9.59 Å². The van der Waals surface area contributed by atoms with Crippen molar-refractivity contribution in [3.8, 4) is 0 Å². The molecule has 2 amide bonds. The van der Waals surface area contributed by atoms with Gasteiger partial charge < -0.3 is 15.5 Å². The number of sulfone groups is 1. The van der Waals surface area contributed by atoms with Gasteiger partial charge in [-0.1, -0.05) is 30.3 Å². The van der Waals surface area contributed by atoms with Crippen LogP contribution in [-0.2, 0) is 19.4 Å². The van der Waals surface area contributed by atoms with Crippen LogP contribution in [0, 0.1) is 0 Å². The summed E-state index contributed by atoms with van der Waals surface area (Å²) in [6.45, 7) is 1.79. The van der Waals surface area contributed by atoms with Crippen LogP contribution in [0.3, 0.4) is 0 Å². The highest BCUT2D eigenvalue weighted by atomic mass is 32.2. The quantitative estimate of drug-likeness (QED) is 0.684.